The van der Waals surface area contributed by atoms with Crippen molar-refractivity contribution in [1.29, 1.82) is 0 Å². The molecule has 0 atom stereocenters. The summed E-state index contributed by atoms with van der Waals surface area (Å²) >= 11 is 5.83. The third-order valence-electron chi connectivity index (χ3n) is 5.19. The second kappa shape index (κ2) is 8.84. The van der Waals surface area contributed by atoms with Gasteiger partial charge in [0.15, 0.2) is 5.69 Å². The van der Waals surface area contributed by atoms with Crippen LogP contribution in [0.4, 0.5) is 24.5 Å². The van der Waals surface area contributed by atoms with Crippen LogP contribution in [0.15, 0.2) is 48.7 Å². The quantitative estimate of drug-likeness (QED) is 0.594. The van der Waals surface area contributed by atoms with E-state index in [-0.39, 0.29) is 5.69 Å². The van der Waals surface area contributed by atoms with Gasteiger partial charge in [0.2, 0.25) is 0 Å². The topological polar surface area (TPSA) is 59.4 Å². The van der Waals surface area contributed by atoms with Crippen molar-refractivity contribution in [3.05, 3.63) is 70.5 Å². The minimum absolute atomic E-state index is 0.145. The van der Waals surface area contributed by atoms with Crippen molar-refractivity contribution in [3.8, 4) is 5.69 Å². The summed E-state index contributed by atoms with van der Waals surface area (Å²) in [6, 6.07) is 11.1. The number of anilines is 2. The van der Waals surface area contributed by atoms with Crippen molar-refractivity contribution in [2.24, 2.45) is 0 Å². The van der Waals surface area contributed by atoms with E-state index in [0.29, 0.717) is 28.6 Å². The standard InChI is InChI=1S/C22H20ClF3N4O2/c1-14-12-17(29-8-10-32-11-9-29)6-7-19(14)28-21(31)18-13-27-30(20(18)22(24,25)26)16-4-2-15(23)3-5-16/h2-7,12-13H,8-11H2,1H3,(H,28,31). The number of benzene rings is 2. The highest BCUT2D eigenvalue weighted by molar-refractivity contribution is 6.30. The number of morpholine rings is 1. The van der Waals surface area contributed by atoms with E-state index in [1.54, 1.807) is 13.0 Å². The Hall–Kier alpha value is -3.04. The van der Waals surface area contributed by atoms with Gasteiger partial charge in [0.05, 0.1) is 30.7 Å². The highest BCUT2D eigenvalue weighted by Crippen LogP contribution is 2.34. The molecule has 0 unspecified atom stereocenters. The van der Waals surface area contributed by atoms with Crippen LogP contribution >= 0.6 is 11.6 Å². The van der Waals surface area contributed by atoms with Crippen LogP contribution in [0.3, 0.4) is 0 Å². The first-order valence-electron chi connectivity index (χ1n) is 9.90. The lowest BCUT2D eigenvalue weighted by Crippen LogP contribution is -2.36. The fourth-order valence-electron chi connectivity index (χ4n) is 3.56. The van der Waals surface area contributed by atoms with Gasteiger partial charge >= 0.3 is 6.18 Å². The molecule has 0 saturated carbocycles. The van der Waals surface area contributed by atoms with Crippen LogP contribution in [0.2, 0.25) is 5.02 Å². The number of hydrogen-bond acceptors (Lipinski definition) is 4. The normalized spacial score (nSPS) is 14.5. The van der Waals surface area contributed by atoms with Crippen LogP contribution in [0.5, 0.6) is 0 Å². The molecule has 1 fully saturated rings. The molecule has 1 aromatic heterocycles. The van der Waals surface area contributed by atoms with E-state index in [1.165, 1.54) is 24.3 Å². The van der Waals surface area contributed by atoms with Crippen molar-refractivity contribution in [2.45, 2.75) is 13.1 Å². The number of carbonyl (C=O) groups excluding carboxylic acids is 1. The molecular weight excluding hydrogens is 445 g/mol. The molecule has 1 aliphatic rings. The summed E-state index contributed by atoms with van der Waals surface area (Å²) in [4.78, 5) is 15.0. The van der Waals surface area contributed by atoms with Gasteiger partial charge in [-0.1, -0.05) is 11.6 Å². The largest absolute Gasteiger partial charge is 0.434 e. The number of rotatable bonds is 4. The Bertz CT molecular complexity index is 1120. The lowest BCUT2D eigenvalue weighted by molar-refractivity contribution is -0.143. The number of aromatic nitrogens is 2. The molecule has 2 heterocycles. The second-order valence-corrected chi connectivity index (χ2v) is 7.78. The van der Waals surface area contributed by atoms with Gasteiger partial charge in [-0.25, -0.2) is 4.68 Å². The molecule has 1 aliphatic heterocycles. The molecule has 1 saturated heterocycles. The van der Waals surface area contributed by atoms with Crippen molar-refractivity contribution < 1.29 is 22.7 Å². The Morgan fingerprint density at radius 2 is 1.75 bits per heavy atom. The number of amides is 1. The van der Waals surface area contributed by atoms with Gasteiger partial charge in [-0.05, 0) is 55.0 Å². The molecule has 0 spiro atoms. The van der Waals surface area contributed by atoms with E-state index in [9.17, 15) is 18.0 Å². The number of aryl methyl sites for hydroxylation is 1. The van der Waals surface area contributed by atoms with Crippen molar-refractivity contribution >= 4 is 28.9 Å². The fourth-order valence-corrected chi connectivity index (χ4v) is 3.69. The molecule has 0 aliphatic carbocycles. The average molecular weight is 465 g/mol. The SMILES string of the molecule is Cc1cc(N2CCOCC2)ccc1NC(=O)c1cnn(-c2ccc(Cl)cc2)c1C(F)(F)F. The van der Waals surface area contributed by atoms with Crippen molar-refractivity contribution in [3.63, 3.8) is 0 Å². The summed E-state index contributed by atoms with van der Waals surface area (Å²) < 4.78 is 47.6. The molecule has 3 aromatic rings. The minimum atomic E-state index is -4.79. The molecule has 10 heteroatoms. The van der Waals surface area contributed by atoms with Crippen LogP contribution in [0.25, 0.3) is 5.69 Å². The van der Waals surface area contributed by atoms with Gasteiger partial charge in [0.25, 0.3) is 5.91 Å². The Morgan fingerprint density at radius 1 is 1.09 bits per heavy atom. The Kier molecular flexibility index (Phi) is 6.12. The molecule has 1 amide bonds. The van der Waals surface area contributed by atoms with Crippen LogP contribution in [-0.2, 0) is 10.9 Å². The molecule has 4 rings (SSSR count). The number of alkyl halides is 3. The number of nitrogens with zero attached hydrogens (tertiary/aromatic N) is 3. The van der Waals surface area contributed by atoms with E-state index in [4.69, 9.17) is 16.3 Å². The summed E-state index contributed by atoms with van der Waals surface area (Å²) in [5.41, 5.74) is 0.562. The molecule has 6 nitrogen and oxygen atoms in total. The monoisotopic (exact) mass is 464 g/mol. The number of hydrogen-bond donors (Lipinski definition) is 1. The Labute approximate surface area is 187 Å². The lowest BCUT2D eigenvalue weighted by Gasteiger charge is -2.29. The summed E-state index contributed by atoms with van der Waals surface area (Å²) in [5, 5.41) is 6.78. The summed E-state index contributed by atoms with van der Waals surface area (Å²) in [7, 11) is 0. The van der Waals surface area contributed by atoms with Gasteiger partial charge in [-0.15, -0.1) is 0 Å². The van der Waals surface area contributed by atoms with Crippen molar-refractivity contribution in [1.82, 2.24) is 9.78 Å². The first-order valence-corrected chi connectivity index (χ1v) is 10.3. The predicted molar refractivity (Wildman–Crippen MR) is 116 cm³/mol. The molecular formula is C22H20ClF3N4O2. The molecule has 1 N–H and O–H groups in total. The zero-order valence-corrected chi connectivity index (χ0v) is 17.9. The van der Waals surface area contributed by atoms with Crippen molar-refractivity contribution in [2.75, 3.05) is 36.5 Å². The number of ether oxygens (including phenoxy) is 1. The zero-order chi connectivity index (χ0) is 22.9. The highest BCUT2D eigenvalue weighted by atomic mass is 35.5. The van der Waals surface area contributed by atoms with Gasteiger partial charge in [0.1, 0.15) is 0 Å². The van der Waals surface area contributed by atoms with Gasteiger partial charge in [-0.3, -0.25) is 4.79 Å². The molecule has 0 bridgehead atoms. The van der Waals surface area contributed by atoms with E-state index in [0.717, 1.165) is 30.5 Å². The summed E-state index contributed by atoms with van der Waals surface area (Å²) in [6.07, 6.45) is -3.87. The van der Waals surface area contributed by atoms with E-state index in [2.05, 4.69) is 15.3 Å². The van der Waals surface area contributed by atoms with Gasteiger partial charge in [-0.2, -0.15) is 18.3 Å². The lowest BCUT2D eigenvalue weighted by atomic mass is 10.1. The molecule has 168 valence electrons. The number of halogens is 4. The molecule has 0 radical (unpaired) electrons. The highest BCUT2D eigenvalue weighted by Gasteiger charge is 2.40. The van der Waals surface area contributed by atoms with Gasteiger partial charge < -0.3 is 15.0 Å². The molecule has 2 aromatic carbocycles. The van der Waals surface area contributed by atoms with Crippen LogP contribution < -0.4 is 10.2 Å². The average Bonchev–Trinajstić information content (AvgIpc) is 3.22. The number of nitrogens with one attached hydrogen (secondary N) is 1. The smallest absolute Gasteiger partial charge is 0.378 e. The minimum Gasteiger partial charge on any atom is -0.378 e. The van der Waals surface area contributed by atoms with Crippen LogP contribution in [0.1, 0.15) is 21.6 Å². The Morgan fingerprint density at radius 3 is 2.38 bits per heavy atom. The summed E-state index contributed by atoms with van der Waals surface area (Å²) in [6.45, 7) is 4.57. The zero-order valence-electron chi connectivity index (χ0n) is 17.1. The predicted octanol–water partition coefficient (Wildman–Crippen LogP) is 4.94. The fraction of sp³-hybridized carbons (Fsp3) is 0.273. The number of carbonyl (C=O) groups is 1. The third-order valence-corrected chi connectivity index (χ3v) is 5.44. The molecule has 32 heavy (non-hydrogen) atoms. The van der Waals surface area contributed by atoms with E-state index in [1.807, 2.05) is 12.1 Å². The maximum absolute atomic E-state index is 13.9. The first kappa shape index (κ1) is 22.2. The first-order chi connectivity index (χ1) is 15.2. The maximum atomic E-state index is 13.9. The van der Waals surface area contributed by atoms with Crippen LogP contribution in [-0.4, -0.2) is 42.0 Å². The van der Waals surface area contributed by atoms with Crippen LogP contribution in [0, 0.1) is 6.92 Å². The maximum Gasteiger partial charge on any atom is 0.434 e. The Balaban J connectivity index is 1.61. The van der Waals surface area contributed by atoms with E-state index >= 15 is 0 Å². The third kappa shape index (κ3) is 4.58. The summed E-state index contributed by atoms with van der Waals surface area (Å²) in [5.74, 6) is -0.889. The van der Waals surface area contributed by atoms with E-state index < -0.39 is 23.3 Å². The van der Waals surface area contributed by atoms with Gasteiger partial charge in [0, 0.05) is 29.5 Å². The second-order valence-electron chi connectivity index (χ2n) is 7.35.